The van der Waals surface area contributed by atoms with Crippen molar-refractivity contribution < 1.29 is 14.3 Å². The van der Waals surface area contributed by atoms with Crippen molar-refractivity contribution in [2.24, 2.45) is 0 Å². The maximum atomic E-state index is 13.7. The molecule has 12 heteroatoms. The molecule has 200 valence electrons. The topological polar surface area (TPSA) is 106 Å². The number of carbonyl (C=O) groups excluding carboxylic acids is 2. The first-order valence-corrected chi connectivity index (χ1v) is 13.7. The van der Waals surface area contributed by atoms with Crippen LogP contribution in [0.3, 0.4) is 0 Å². The average molecular weight is 592 g/mol. The number of benzene rings is 3. The molecule has 0 radical (unpaired) electrons. The molecule has 0 unspecified atom stereocenters. The van der Waals surface area contributed by atoms with Crippen molar-refractivity contribution >= 4 is 68.3 Å². The molecular weight excluding hydrogens is 573 g/mol. The Morgan fingerprint density at radius 3 is 2.52 bits per heavy atom. The van der Waals surface area contributed by atoms with Gasteiger partial charge in [-0.15, -0.1) is 5.10 Å². The maximum Gasteiger partial charge on any atom is 0.291 e. The van der Waals surface area contributed by atoms with E-state index >= 15 is 0 Å². The van der Waals surface area contributed by atoms with Gasteiger partial charge in [0.05, 0.1) is 22.9 Å². The minimum atomic E-state index is -0.484. The molecule has 0 aliphatic carbocycles. The molecule has 9 nitrogen and oxygen atoms in total. The average Bonchev–Trinajstić information content (AvgIpc) is 3.56. The Morgan fingerprint density at radius 1 is 1.02 bits per heavy atom. The van der Waals surface area contributed by atoms with Crippen LogP contribution < -0.4 is 25.0 Å². The van der Waals surface area contributed by atoms with E-state index in [1.165, 1.54) is 4.90 Å². The first-order valence-electron chi connectivity index (χ1n) is 12.2. The number of hydrogen-bond donors (Lipinski definition) is 1. The number of fused-ring (bicyclic) bond motifs is 2. The number of ether oxygens (including phenoxy) is 1. The standard InChI is InChI=1S/C28H19Cl2N5O4S/c1-2-39-17-10-8-16(9-11-17)31-22(36)14-34-21-6-4-3-5-19(21)23(26(34)37)24-27(38)35-28(40-24)32-25(33-35)18-12-7-15(29)13-20(18)30/h3-13H,2,14H2,1H3,(H,31,36)/b24-23-. The van der Waals surface area contributed by atoms with Crippen LogP contribution in [0.5, 0.6) is 5.75 Å². The summed E-state index contributed by atoms with van der Waals surface area (Å²) in [5.74, 6) is 0.123. The van der Waals surface area contributed by atoms with Gasteiger partial charge in [-0.25, -0.2) is 0 Å². The second-order valence-corrected chi connectivity index (χ2v) is 10.6. The molecule has 1 aliphatic heterocycles. The lowest BCUT2D eigenvalue weighted by molar-refractivity contribution is -0.118. The monoisotopic (exact) mass is 591 g/mol. The van der Waals surface area contributed by atoms with Gasteiger partial charge in [0, 0.05) is 21.8 Å². The summed E-state index contributed by atoms with van der Waals surface area (Å²) in [4.78, 5) is 46.2. The largest absolute Gasteiger partial charge is 0.494 e. The summed E-state index contributed by atoms with van der Waals surface area (Å²) in [6, 6.07) is 18.9. The van der Waals surface area contributed by atoms with Crippen LogP contribution in [0.15, 0.2) is 71.5 Å². The summed E-state index contributed by atoms with van der Waals surface area (Å²) in [7, 11) is 0. The first-order chi connectivity index (χ1) is 19.3. The van der Waals surface area contributed by atoms with Crippen LogP contribution in [0.1, 0.15) is 12.5 Å². The van der Waals surface area contributed by atoms with Gasteiger partial charge in [-0.1, -0.05) is 52.7 Å². The molecule has 2 aromatic heterocycles. The predicted molar refractivity (Wildman–Crippen MR) is 155 cm³/mol. The number of anilines is 2. The van der Waals surface area contributed by atoms with E-state index in [9.17, 15) is 14.4 Å². The molecule has 0 spiro atoms. The molecule has 0 saturated carbocycles. The minimum Gasteiger partial charge on any atom is -0.494 e. The Balaban J connectivity index is 1.34. The molecule has 40 heavy (non-hydrogen) atoms. The van der Waals surface area contributed by atoms with Crippen LogP contribution in [0.4, 0.5) is 11.4 Å². The van der Waals surface area contributed by atoms with Crippen LogP contribution in [0, 0.1) is 0 Å². The van der Waals surface area contributed by atoms with E-state index in [4.69, 9.17) is 27.9 Å². The Labute approximate surface area is 241 Å². The molecule has 2 amide bonds. The Hall–Kier alpha value is -4.25. The highest BCUT2D eigenvalue weighted by Gasteiger charge is 2.35. The lowest BCUT2D eigenvalue weighted by Gasteiger charge is -2.16. The van der Waals surface area contributed by atoms with Crippen molar-refractivity contribution in [1.82, 2.24) is 14.6 Å². The van der Waals surface area contributed by atoms with Crippen LogP contribution in [0.25, 0.3) is 21.9 Å². The highest BCUT2D eigenvalue weighted by atomic mass is 35.5. The molecule has 0 fully saturated rings. The highest BCUT2D eigenvalue weighted by molar-refractivity contribution is 7.15. The summed E-state index contributed by atoms with van der Waals surface area (Å²) < 4.78 is 6.78. The van der Waals surface area contributed by atoms with Gasteiger partial charge in [0.1, 0.15) is 16.8 Å². The van der Waals surface area contributed by atoms with E-state index in [0.29, 0.717) is 49.9 Å². The van der Waals surface area contributed by atoms with Crippen LogP contribution in [-0.4, -0.2) is 39.6 Å². The van der Waals surface area contributed by atoms with Gasteiger partial charge in [-0.3, -0.25) is 19.3 Å². The quantitative estimate of drug-likeness (QED) is 0.313. The van der Waals surface area contributed by atoms with E-state index in [1.54, 1.807) is 66.7 Å². The summed E-state index contributed by atoms with van der Waals surface area (Å²) in [5, 5.41) is 7.97. The lowest BCUT2D eigenvalue weighted by Crippen LogP contribution is -2.37. The first kappa shape index (κ1) is 26.0. The molecule has 3 aromatic carbocycles. The molecule has 1 N–H and O–H groups in total. The van der Waals surface area contributed by atoms with Crippen molar-refractivity contribution in [3.8, 4) is 17.1 Å². The molecule has 5 aromatic rings. The van der Waals surface area contributed by atoms with Crippen molar-refractivity contribution in [1.29, 1.82) is 0 Å². The second kappa shape index (κ2) is 10.4. The molecular formula is C28H19Cl2N5O4S. The fourth-order valence-corrected chi connectivity index (χ4v) is 5.96. The van der Waals surface area contributed by atoms with E-state index in [2.05, 4.69) is 15.4 Å². The van der Waals surface area contributed by atoms with Gasteiger partial charge in [0.2, 0.25) is 10.9 Å². The Bertz CT molecular complexity index is 1920. The number of aromatic nitrogens is 3. The number of halogens is 2. The van der Waals surface area contributed by atoms with Gasteiger partial charge in [-0.2, -0.15) is 9.50 Å². The number of hydrogen-bond acceptors (Lipinski definition) is 7. The van der Waals surface area contributed by atoms with Crippen molar-refractivity contribution in [3.05, 3.63) is 97.2 Å². The van der Waals surface area contributed by atoms with Crippen molar-refractivity contribution in [2.45, 2.75) is 6.92 Å². The van der Waals surface area contributed by atoms with E-state index in [0.717, 1.165) is 15.9 Å². The Kier molecular flexibility index (Phi) is 6.75. The van der Waals surface area contributed by atoms with Gasteiger partial charge in [0.15, 0.2) is 5.82 Å². The van der Waals surface area contributed by atoms with Crippen LogP contribution in [-0.2, 0) is 9.59 Å². The lowest BCUT2D eigenvalue weighted by atomic mass is 10.1. The summed E-state index contributed by atoms with van der Waals surface area (Å²) >= 11 is 13.3. The molecule has 0 atom stereocenters. The van der Waals surface area contributed by atoms with E-state index < -0.39 is 11.5 Å². The molecule has 0 bridgehead atoms. The third-order valence-electron chi connectivity index (χ3n) is 6.23. The number of nitrogens with one attached hydrogen (secondary N) is 1. The second-order valence-electron chi connectivity index (χ2n) is 8.78. The fraction of sp³-hybridized carbons (Fsp3) is 0.107. The zero-order chi connectivity index (χ0) is 28.0. The zero-order valence-electron chi connectivity index (χ0n) is 20.9. The molecule has 6 rings (SSSR count). The van der Waals surface area contributed by atoms with Gasteiger partial charge in [-0.05, 0) is 55.5 Å². The highest BCUT2D eigenvalue weighted by Crippen LogP contribution is 2.35. The number of para-hydroxylation sites is 1. The van der Waals surface area contributed by atoms with E-state index in [-0.39, 0.29) is 28.4 Å². The number of amides is 2. The normalized spacial score (nSPS) is 14.1. The molecule has 0 saturated heterocycles. The SMILES string of the molecule is CCOc1ccc(NC(=O)CN2C(=O)/C(=c3\sc4nc(-c5ccc(Cl)cc5Cl)nn4c3=O)c3ccccc32)cc1. The third-order valence-corrected chi connectivity index (χ3v) is 7.81. The molecule has 3 heterocycles. The van der Waals surface area contributed by atoms with Gasteiger partial charge < -0.3 is 10.1 Å². The minimum absolute atomic E-state index is 0.190. The number of thiazole rings is 1. The summed E-state index contributed by atoms with van der Waals surface area (Å²) in [6.07, 6.45) is 0. The smallest absolute Gasteiger partial charge is 0.291 e. The predicted octanol–water partition coefficient (Wildman–Crippen LogP) is 4.43. The Morgan fingerprint density at radius 2 is 1.80 bits per heavy atom. The van der Waals surface area contributed by atoms with Gasteiger partial charge in [0.25, 0.3) is 11.5 Å². The third kappa shape index (κ3) is 4.60. The van der Waals surface area contributed by atoms with Gasteiger partial charge >= 0.3 is 0 Å². The van der Waals surface area contributed by atoms with Crippen LogP contribution >= 0.6 is 34.5 Å². The molecule has 1 aliphatic rings. The van der Waals surface area contributed by atoms with Crippen molar-refractivity contribution in [3.63, 3.8) is 0 Å². The number of nitrogens with zero attached hydrogens (tertiary/aromatic N) is 4. The van der Waals surface area contributed by atoms with Crippen LogP contribution in [0.2, 0.25) is 10.0 Å². The van der Waals surface area contributed by atoms with E-state index in [1.807, 2.05) is 6.92 Å². The number of carbonyl (C=O) groups is 2. The van der Waals surface area contributed by atoms with Crippen molar-refractivity contribution in [2.75, 3.05) is 23.4 Å². The number of rotatable bonds is 6. The summed E-state index contributed by atoms with van der Waals surface area (Å²) in [5.41, 5.74) is 1.92. The fourth-order valence-electron chi connectivity index (χ4n) is 4.47. The zero-order valence-corrected chi connectivity index (χ0v) is 23.2. The summed E-state index contributed by atoms with van der Waals surface area (Å²) in [6.45, 7) is 2.19. The maximum absolute atomic E-state index is 13.7.